The molecule has 2 aromatic rings. The summed E-state index contributed by atoms with van der Waals surface area (Å²) >= 11 is 6.28. The predicted octanol–water partition coefficient (Wildman–Crippen LogP) is 3.55. The number of nitrogens with two attached hydrogens (primary N) is 1. The Balaban J connectivity index is 0.00000192. The minimum atomic E-state index is -0.759. The van der Waals surface area contributed by atoms with Crippen LogP contribution >= 0.6 is 24.0 Å². The molecule has 5 nitrogen and oxygen atoms in total. The third kappa shape index (κ3) is 3.86. The molecule has 1 aromatic carbocycles. The summed E-state index contributed by atoms with van der Waals surface area (Å²) in [5.41, 5.74) is 6.90. The molecular weight excluding hydrogens is 335 g/mol. The van der Waals surface area contributed by atoms with Gasteiger partial charge in [-0.1, -0.05) is 30.9 Å². The molecule has 3 N–H and O–H groups in total. The predicted molar refractivity (Wildman–Crippen MR) is 94.5 cm³/mol. The number of anilines is 1. The summed E-state index contributed by atoms with van der Waals surface area (Å²) in [5.74, 6) is -0.130. The van der Waals surface area contributed by atoms with E-state index >= 15 is 0 Å². The van der Waals surface area contributed by atoms with Gasteiger partial charge in [0, 0.05) is 18.1 Å². The van der Waals surface area contributed by atoms with Gasteiger partial charge < -0.3 is 11.1 Å². The number of benzene rings is 1. The van der Waals surface area contributed by atoms with Gasteiger partial charge in [0.2, 0.25) is 5.91 Å². The summed E-state index contributed by atoms with van der Waals surface area (Å²) in [7, 11) is 0. The van der Waals surface area contributed by atoms with E-state index in [9.17, 15) is 4.79 Å². The number of aromatic nitrogens is 2. The van der Waals surface area contributed by atoms with E-state index in [-0.39, 0.29) is 18.3 Å². The normalized spacial score (nSPS) is 16.4. The lowest BCUT2D eigenvalue weighted by Gasteiger charge is -2.31. The van der Waals surface area contributed by atoms with E-state index in [0.29, 0.717) is 10.7 Å². The van der Waals surface area contributed by atoms with Crippen LogP contribution in [0.1, 0.15) is 32.1 Å². The topological polar surface area (TPSA) is 72.9 Å². The number of rotatable bonds is 3. The van der Waals surface area contributed by atoms with Crippen molar-refractivity contribution in [2.45, 2.75) is 37.6 Å². The fraction of sp³-hybridized carbons (Fsp3) is 0.375. The Morgan fingerprint density at radius 1 is 1.30 bits per heavy atom. The van der Waals surface area contributed by atoms with Gasteiger partial charge in [-0.25, -0.2) is 4.68 Å². The average molecular weight is 355 g/mol. The summed E-state index contributed by atoms with van der Waals surface area (Å²) in [6, 6.07) is 7.19. The summed E-state index contributed by atoms with van der Waals surface area (Å²) in [6.45, 7) is 0. The molecule has 0 unspecified atom stereocenters. The molecule has 0 aliphatic heterocycles. The Kier molecular flexibility index (Phi) is 5.68. The van der Waals surface area contributed by atoms with Crippen molar-refractivity contribution in [1.82, 2.24) is 9.78 Å². The zero-order valence-electron chi connectivity index (χ0n) is 12.7. The highest BCUT2D eigenvalue weighted by atomic mass is 35.5. The fourth-order valence-corrected chi connectivity index (χ4v) is 3.11. The van der Waals surface area contributed by atoms with Crippen LogP contribution in [0.3, 0.4) is 0 Å². The van der Waals surface area contributed by atoms with Gasteiger partial charge in [-0.3, -0.25) is 4.79 Å². The van der Waals surface area contributed by atoms with Crippen LogP contribution in [0.25, 0.3) is 5.69 Å². The zero-order valence-corrected chi connectivity index (χ0v) is 14.2. The molecule has 1 aliphatic rings. The first-order chi connectivity index (χ1) is 10.6. The summed E-state index contributed by atoms with van der Waals surface area (Å²) in [4.78, 5) is 12.4. The Bertz CT molecular complexity index is 667. The number of hydrogen-bond acceptors (Lipinski definition) is 3. The highest BCUT2D eigenvalue weighted by Gasteiger charge is 2.35. The lowest BCUT2D eigenvalue weighted by atomic mass is 9.82. The van der Waals surface area contributed by atoms with Crippen molar-refractivity contribution in [1.29, 1.82) is 0 Å². The number of nitrogens with zero attached hydrogens (tertiary/aromatic N) is 2. The Hall–Kier alpha value is -1.56. The van der Waals surface area contributed by atoms with Crippen molar-refractivity contribution < 1.29 is 4.79 Å². The highest BCUT2D eigenvalue weighted by Crippen LogP contribution is 2.28. The van der Waals surface area contributed by atoms with Gasteiger partial charge in [0.25, 0.3) is 0 Å². The van der Waals surface area contributed by atoms with Crippen LogP contribution in [0.2, 0.25) is 5.02 Å². The van der Waals surface area contributed by atoms with E-state index in [0.717, 1.165) is 37.8 Å². The smallest absolute Gasteiger partial charge is 0.244 e. The first-order valence-corrected chi connectivity index (χ1v) is 7.86. The second-order valence-electron chi connectivity index (χ2n) is 5.79. The van der Waals surface area contributed by atoms with Crippen LogP contribution in [0.15, 0.2) is 36.7 Å². The number of nitrogens with one attached hydrogen (secondary N) is 1. The third-order valence-corrected chi connectivity index (χ3v) is 4.46. The summed E-state index contributed by atoms with van der Waals surface area (Å²) in [6.07, 6.45) is 8.13. The Morgan fingerprint density at radius 3 is 2.65 bits per heavy atom. The van der Waals surface area contributed by atoms with Crippen molar-refractivity contribution in [3.05, 3.63) is 41.7 Å². The molecule has 1 aromatic heterocycles. The molecule has 0 spiro atoms. The maximum atomic E-state index is 12.4. The van der Waals surface area contributed by atoms with E-state index in [4.69, 9.17) is 17.3 Å². The van der Waals surface area contributed by atoms with Crippen molar-refractivity contribution in [2.24, 2.45) is 5.73 Å². The zero-order chi connectivity index (χ0) is 15.6. The molecule has 7 heteroatoms. The molecule has 1 saturated carbocycles. The molecule has 23 heavy (non-hydrogen) atoms. The van der Waals surface area contributed by atoms with E-state index in [2.05, 4.69) is 10.4 Å². The molecule has 0 radical (unpaired) electrons. The van der Waals surface area contributed by atoms with Crippen LogP contribution < -0.4 is 11.1 Å². The van der Waals surface area contributed by atoms with Crippen LogP contribution in [0.4, 0.5) is 5.69 Å². The van der Waals surface area contributed by atoms with Crippen LogP contribution in [-0.4, -0.2) is 21.2 Å². The average Bonchev–Trinajstić information content (AvgIpc) is 3.02. The second kappa shape index (κ2) is 7.34. The van der Waals surface area contributed by atoms with Crippen LogP contribution in [0, 0.1) is 0 Å². The highest BCUT2D eigenvalue weighted by molar-refractivity contribution is 6.32. The second-order valence-corrected chi connectivity index (χ2v) is 6.19. The molecule has 0 atom stereocenters. The van der Waals surface area contributed by atoms with Crippen LogP contribution in [0.5, 0.6) is 0 Å². The lowest BCUT2D eigenvalue weighted by Crippen LogP contribution is -2.52. The molecule has 0 saturated heterocycles. The molecule has 124 valence electrons. The molecule has 1 aliphatic carbocycles. The van der Waals surface area contributed by atoms with Crippen molar-refractivity contribution in [3.63, 3.8) is 0 Å². The SMILES string of the molecule is Cl.NC1(C(=O)Nc2ccc(-n3cccn3)c(Cl)c2)CCCCC1. The number of carbonyl (C=O) groups excluding carboxylic acids is 1. The molecule has 1 fully saturated rings. The van der Waals surface area contributed by atoms with E-state index in [1.54, 1.807) is 16.9 Å². The Labute approximate surface area is 146 Å². The standard InChI is InChI=1S/C16H19ClN4O.ClH/c17-13-11-12(5-6-14(13)21-10-4-9-19-21)20-15(22)16(18)7-2-1-3-8-16;/h4-6,9-11H,1-3,7-8,18H2,(H,20,22);1H. The van der Waals surface area contributed by atoms with Crippen molar-refractivity contribution in [3.8, 4) is 5.69 Å². The molecule has 3 rings (SSSR count). The van der Waals surface area contributed by atoms with Gasteiger partial charge in [-0.05, 0) is 37.1 Å². The Morgan fingerprint density at radius 2 is 2.04 bits per heavy atom. The number of halogens is 2. The van der Waals surface area contributed by atoms with Gasteiger partial charge in [-0.15, -0.1) is 12.4 Å². The largest absolute Gasteiger partial charge is 0.324 e. The maximum Gasteiger partial charge on any atom is 0.244 e. The third-order valence-electron chi connectivity index (χ3n) is 4.15. The van der Waals surface area contributed by atoms with Crippen molar-refractivity contribution in [2.75, 3.05) is 5.32 Å². The quantitative estimate of drug-likeness (QED) is 0.884. The fourth-order valence-electron chi connectivity index (χ4n) is 2.85. The first kappa shape index (κ1) is 17.8. The maximum absolute atomic E-state index is 12.4. The first-order valence-electron chi connectivity index (χ1n) is 7.48. The van der Waals surface area contributed by atoms with Crippen LogP contribution in [-0.2, 0) is 4.79 Å². The van der Waals surface area contributed by atoms with Gasteiger partial charge in [0.05, 0.1) is 16.2 Å². The van der Waals surface area contributed by atoms with E-state index in [1.807, 2.05) is 24.4 Å². The lowest BCUT2D eigenvalue weighted by molar-refractivity contribution is -0.122. The molecule has 0 bridgehead atoms. The molecule has 1 amide bonds. The molecular formula is C16H20Cl2N4O. The number of carbonyl (C=O) groups is 1. The number of hydrogen-bond donors (Lipinski definition) is 2. The van der Waals surface area contributed by atoms with E-state index in [1.165, 1.54) is 0 Å². The summed E-state index contributed by atoms with van der Waals surface area (Å²) in [5, 5.41) is 7.56. The minimum Gasteiger partial charge on any atom is -0.324 e. The van der Waals surface area contributed by atoms with Gasteiger partial charge in [0.15, 0.2) is 0 Å². The van der Waals surface area contributed by atoms with Gasteiger partial charge in [0.1, 0.15) is 0 Å². The number of amides is 1. The van der Waals surface area contributed by atoms with Gasteiger partial charge in [-0.2, -0.15) is 5.10 Å². The molecule has 1 heterocycles. The monoisotopic (exact) mass is 354 g/mol. The van der Waals surface area contributed by atoms with Gasteiger partial charge >= 0.3 is 0 Å². The van der Waals surface area contributed by atoms with E-state index < -0.39 is 5.54 Å². The van der Waals surface area contributed by atoms with Crippen molar-refractivity contribution >= 4 is 35.6 Å². The minimum absolute atomic E-state index is 0. The summed E-state index contributed by atoms with van der Waals surface area (Å²) < 4.78 is 1.68.